The fourth-order valence-corrected chi connectivity index (χ4v) is 1.69. The van der Waals surface area contributed by atoms with Crippen molar-refractivity contribution in [3.8, 4) is 0 Å². The number of aliphatic carboxylic acids is 1. The summed E-state index contributed by atoms with van der Waals surface area (Å²) in [5, 5.41) is 9.28. The topological polar surface area (TPSA) is 50.4 Å². The third-order valence-electron chi connectivity index (χ3n) is 2.88. The van der Waals surface area contributed by atoms with Gasteiger partial charge in [-0.2, -0.15) is 0 Å². The molecule has 92 valence electrons. The number of rotatable bonds is 3. The Balaban J connectivity index is 2.48. The third-order valence-corrected chi connectivity index (χ3v) is 2.88. The van der Waals surface area contributed by atoms with Gasteiger partial charge in [0.25, 0.3) is 0 Å². The summed E-state index contributed by atoms with van der Waals surface area (Å²) in [6, 6.07) is 9.06. The molecule has 0 saturated heterocycles. The molecule has 0 unspecified atom stereocenters. The summed E-state index contributed by atoms with van der Waals surface area (Å²) >= 11 is 0. The van der Waals surface area contributed by atoms with Crippen molar-refractivity contribution >= 4 is 17.6 Å². The van der Waals surface area contributed by atoms with Gasteiger partial charge < -0.3 is 9.52 Å². The van der Waals surface area contributed by atoms with E-state index in [2.05, 4.69) is 0 Å². The van der Waals surface area contributed by atoms with Crippen molar-refractivity contribution in [1.82, 2.24) is 0 Å². The zero-order valence-electron chi connectivity index (χ0n) is 10.3. The highest BCUT2D eigenvalue weighted by Gasteiger charge is 2.11. The van der Waals surface area contributed by atoms with Crippen LogP contribution in [0.5, 0.6) is 0 Å². The highest BCUT2D eigenvalue weighted by molar-refractivity contribution is 6.20. The summed E-state index contributed by atoms with van der Waals surface area (Å²) in [6.07, 6.45) is 3.05. The smallest absolute Gasteiger partial charge is 0.336 e. The molecule has 0 amide bonds. The molecule has 3 heteroatoms. The highest BCUT2D eigenvalue weighted by Crippen LogP contribution is 2.21. The lowest BCUT2D eigenvalue weighted by Gasteiger charge is -2.05. The van der Waals surface area contributed by atoms with Crippen LogP contribution in [0.15, 0.2) is 41.0 Å². The van der Waals surface area contributed by atoms with Gasteiger partial charge in [-0.1, -0.05) is 18.2 Å². The summed E-state index contributed by atoms with van der Waals surface area (Å²) in [4.78, 5) is 11.3. The summed E-state index contributed by atoms with van der Waals surface area (Å²) in [7, 11) is 0. The number of carboxylic acid groups (broad SMARTS) is 1. The Morgan fingerprint density at radius 2 is 2.00 bits per heavy atom. The second-order valence-corrected chi connectivity index (χ2v) is 4.18. The van der Waals surface area contributed by atoms with E-state index < -0.39 is 5.97 Å². The van der Waals surface area contributed by atoms with Gasteiger partial charge in [-0.25, -0.2) is 4.79 Å². The molecule has 0 fully saturated rings. The molecule has 1 aromatic carbocycles. The maximum atomic E-state index is 11.3. The maximum absolute atomic E-state index is 11.3. The van der Waals surface area contributed by atoms with Gasteiger partial charge in [0.1, 0.15) is 5.76 Å². The molecule has 0 aliphatic heterocycles. The lowest BCUT2D eigenvalue weighted by molar-refractivity contribution is -0.130. The Bertz CT molecular complexity index is 592. The highest BCUT2D eigenvalue weighted by atomic mass is 16.4. The second kappa shape index (κ2) is 4.92. The van der Waals surface area contributed by atoms with Crippen LogP contribution in [0.25, 0.3) is 11.6 Å². The first-order valence-corrected chi connectivity index (χ1v) is 5.64. The molecule has 18 heavy (non-hydrogen) atoms. The van der Waals surface area contributed by atoms with E-state index in [9.17, 15) is 9.90 Å². The molecule has 0 aliphatic rings. The van der Waals surface area contributed by atoms with E-state index in [4.69, 9.17) is 4.42 Å². The van der Waals surface area contributed by atoms with Gasteiger partial charge in [0.15, 0.2) is 0 Å². The standard InChI is InChI=1S/C15H14O3/c1-10-5-6-12(8-11(10)2)14(15(16)17)9-13-4-3-7-18-13/h3-9H,1-2H3,(H,16,17)/b14-9-. The molecule has 2 rings (SSSR count). The molecular formula is C15H14O3. The number of hydrogen-bond donors (Lipinski definition) is 1. The molecule has 1 N–H and O–H groups in total. The molecule has 0 bridgehead atoms. The molecule has 0 aliphatic carbocycles. The normalized spacial score (nSPS) is 11.6. The zero-order chi connectivity index (χ0) is 13.1. The minimum Gasteiger partial charge on any atom is -0.478 e. The maximum Gasteiger partial charge on any atom is 0.336 e. The Kier molecular flexibility index (Phi) is 3.33. The number of carbonyl (C=O) groups is 1. The molecule has 0 atom stereocenters. The van der Waals surface area contributed by atoms with E-state index in [0.29, 0.717) is 11.3 Å². The lowest BCUT2D eigenvalue weighted by Crippen LogP contribution is -2.00. The third kappa shape index (κ3) is 2.51. The zero-order valence-corrected chi connectivity index (χ0v) is 10.3. The van der Waals surface area contributed by atoms with Gasteiger partial charge in [0.2, 0.25) is 0 Å². The average Bonchev–Trinajstić information content (AvgIpc) is 2.82. The quantitative estimate of drug-likeness (QED) is 0.838. The number of furan rings is 1. The van der Waals surface area contributed by atoms with Gasteiger partial charge in [-0.05, 0) is 48.7 Å². The minimum absolute atomic E-state index is 0.230. The summed E-state index contributed by atoms with van der Waals surface area (Å²) < 4.78 is 5.15. The van der Waals surface area contributed by atoms with E-state index in [0.717, 1.165) is 11.1 Å². The molecule has 0 radical (unpaired) electrons. The van der Waals surface area contributed by atoms with Crippen molar-refractivity contribution in [3.05, 3.63) is 59.0 Å². The molecule has 0 saturated carbocycles. The fourth-order valence-electron chi connectivity index (χ4n) is 1.69. The molecule has 1 aromatic heterocycles. The van der Waals surface area contributed by atoms with Gasteiger partial charge in [0, 0.05) is 0 Å². The Morgan fingerprint density at radius 1 is 1.22 bits per heavy atom. The molecule has 1 heterocycles. The SMILES string of the molecule is Cc1ccc(/C(=C/c2ccco2)C(=O)O)cc1C. The first-order valence-electron chi connectivity index (χ1n) is 5.64. The van der Waals surface area contributed by atoms with Crippen molar-refractivity contribution in [2.45, 2.75) is 13.8 Å². The predicted octanol–water partition coefficient (Wildman–Crippen LogP) is 3.52. The van der Waals surface area contributed by atoms with Crippen molar-refractivity contribution in [1.29, 1.82) is 0 Å². The molecule has 2 aromatic rings. The van der Waals surface area contributed by atoms with Crippen LogP contribution < -0.4 is 0 Å². The van der Waals surface area contributed by atoms with E-state index in [-0.39, 0.29) is 5.57 Å². The number of carboxylic acids is 1. The van der Waals surface area contributed by atoms with Crippen LogP contribution in [0.3, 0.4) is 0 Å². The van der Waals surface area contributed by atoms with Gasteiger partial charge in [-0.15, -0.1) is 0 Å². The van der Waals surface area contributed by atoms with Crippen LogP contribution in [0.1, 0.15) is 22.5 Å². The van der Waals surface area contributed by atoms with E-state index in [1.165, 1.54) is 12.3 Å². The van der Waals surface area contributed by atoms with Gasteiger partial charge in [-0.3, -0.25) is 0 Å². The summed E-state index contributed by atoms with van der Waals surface area (Å²) in [5.74, 6) is -0.430. The van der Waals surface area contributed by atoms with E-state index in [1.54, 1.807) is 12.1 Å². The average molecular weight is 242 g/mol. The largest absolute Gasteiger partial charge is 0.478 e. The Morgan fingerprint density at radius 3 is 2.56 bits per heavy atom. The first kappa shape index (κ1) is 12.2. The molecule has 0 spiro atoms. The molecule has 3 nitrogen and oxygen atoms in total. The minimum atomic E-state index is -0.963. The van der Waals surface area contributed by atoms with Crippen LogP contribution in [0.4, 0.5) is 0 Å². The van der Waals surface area contributed by atoms with Crippen LogP contribution in [0, 0.1) is 13.8 Å². The number of hydrogen-bond acceptors (Lipinski definition) is 2. The van der Waals surface area contributed by atoms with Crippen molar-refractivity contribution in [2.24, 2.45) is 0 Å². The van der Waals surface area contributed by atoms with Crippen LogP contribution in [-0.2, 0) is 4.79 Å². The van der Waals surface area contributed by atoms with Crippen LogP contribution in [-0.4, -0.2) is 11.1 Å². The monoisotopic (exact) mass is 242 g/mol. The Hall–Kier alpha value is -2.29. The summed E-state index contributed by atoms with van der Waals surface area (Å²) in [6.45, 7) is 3.96. The second-order valence-electron chi connectivity index (χ2n) is 4.18. The lowest BCUT2D eigenvalue weighted by atomic mass is 10.00. The van der Waals surface area contributed by atoms with Gasteiger partial charge >= 0.3 is 5.97 Å². The van der Waals surface area contributed by atoms with E-state index in [1.807, 2.05) is 32.0 Å². The number of benzene rings is 1. The van der Waals surface area contributed by atoms with Crippen molar-refractivity contribution in [3.63, 3.8) is 0 Å². The fraction of sp³-hybridized carbons (Fsp3) is 0.133. The van der Waals surface area contributed by atoms with Crippen LogP contribution in [0.2, 0.25) is 0 Å². The van der Waals surface area contributed by atoms with Crippen LogP contribution >= 0.6 is 0 Å². The first-order chi connectivity index (χ1) is 8.58. The number of aryl methyl sites for hydroxylation is 2. The van der Waals surface area contributed by atoms with Crippen molar-refractivity contribution in [2.75, 3.05) is 0 Å². The predicted molar refractivity (Wildman–Crippen MR) is 70.1 cm³/mol. The summed E-state index contributed by atoms with van der Waals surface area (Å²) in [5.41, 5.74) is 3.12. The van der Waals surface area contributed by atoms with E-state index >= 15 is 0 Å². The molecular weight excluding hydrogens is 228 g/mol. The van der Waals surface area contributed by atoms with Crippen molar-refractivity contribution < 1.29 is 14.3 Å². The Labute approximate surface area is 105 Å². The van der Waals surface area contributed by atoms with Gasteiger partial charge in [0.05, 0.1) is 11.8 Å².